The van der Waals surface area contributed by atoms with E-state index in [0.29, 0.717) is 25.2 Å². The standard InChI is InChI=1S/C14H18N4O/c1-10-3-4-11(2)12(7-10)8-14(19)13-9-18(6-5-15)17-16-13/h3-4,7,9H,5-6,8,15H2,1-2H3. The summed E-state index contributed by atoms with van der Waals surface area (Å²) >= 11 is 0. The van der Waals surface area contributed by atoms with Crippen molar-refractivity contribution in [3.05, 3.63) is 46.8 Å². The number of ketones is 1. The highest BCUT2D eigenvalue weighted by molar-refractivity contribution is 5.95. The van der Waals surface area contributed by atoms with Crippen LogP contribution in [0, 0.1) is 13.8 Å². The van der Waals surface area contributed by atoms with Crippen molar-refractivity contribution in [1.29, 1.82) is 0 Å². The van der Waals surface area contributed by atoms with Gasteiger partial charge in [-0.15, -0.1) is 5.10 Å². The maximum absolute atomic E-state index is 12.1. The Morgan fingerprint density at radius 2 is 2.16 bits per heavy atom. The molecule has 0 saturated carbocycles. The van der Waals surface area contributed by atoms with Gasteiger partial charge >= 0.3 is 0 Å². The minimum Gasteiger partial charge on any atom is -0.329 e. The molecule has 1 aromatic carbocycles. The van der Waals surface area contributed by atoms with Crippen LogP contribution in [0.3, 0.4) is 0 Å². The van der Waals surface area contributed by atoms with Crippen molar-refractivity contribution in [2.45, 2.75) is 26.8 Å². The van der Waals surface area contributed by atoms with E-state index in [9.17, 15) is 4.79 Å². The third-order valence-electron chi connectivity index (χ3n) is 3.04. The summed E-state index contributed by atoms with van der Waals surface area (Å²) in [5.74, 6) is -0.0167. The van der Waals surface area contributed by atoms with Gasteiger partial charge in [-0.05, 0) is 25.0 Å². The Labute approximate surface area is 112 Å². The molecule has 0 aliphatic heterocycles. The lowest BCUT2D eigenvalue weighted by Crippen LogP contribution is -2.10. The van der Waals surface area contributed by atoms with Crippen LogP contribution >= 0.6 is 0 Å². The van der Waals surface area contributed by atoms with Crippen LogP contribution in [0.2, 0.25) is 0 Å². The highest BCUT2D eigenvalue weighted by Crippen LogP contribution is 2.13. The van der Waals surface area contributed by atoms with Crippen LogP contribution in [0.4, 0.5) is 0 Å². The number of hydrogen-bond acceptors (Lipinski definition) is 4. The molecule has 0 aliphatic carbocycles. The first-order chi connectivity index (χ1) is 9.10. The molecule has 2 aromatic rings. The zero-order valence-electron chi connectivity index (χ0n) is 11.3. The number of carbonyl (C=O) groups excluding carboxylic acids is 1. The van der Waals surface area contributed by atoms with Gasteiger partial charge in [0, 0.05) is 13.0 Å². The van der Waals surface area contributed by atoms with Crippen LogP contribution in [0.1, 0.15) is 27.2 Å². The van der Waals surface area contributed by atoms with Crippen molar-refractivity contribution >= 4 is 5.78 Å². The molecule has 0 unspecified atom stereocenters. The summed E-state index contributed by atoms with van der Waals surface area (Å²) in [6.07, 6.45) is 2.01. The fourth-order valence-electron chi connectivity index (χ4n) is 1.92. The molecule has 19 heavy (non-hydrogen) atoms. The van der Waals surface area contributed by atoms with Gasteiger partial charge in [0.1, 0.15) is 5.69 Å². The molecule has 2 rings (SSSR count). The summed E-state index contributed by atoms with van der Waals surface area (Å²) in [6, 6.07) is 6.11. The van der Waals surface area contributed by atoms with Crippen molar-refractivity contribution in [2.24, 2.45) is 5.73 Å². The number of hydrogen-bond donors (Lipinski definition) is 1. The fraction of sp³-hybridized carbons (Fsp3) is 0.357. The zero-order chi connectivity index (χ0) is 13.8. The monoisotopic (exact) mass is 258 g/mol. The van der Waals surface area contributed by atoms with E-state index in [-0.39, 0.29) is 5.78 Å². The average molecular weight is 258 g/mol. The Balaban J connectivity index is 2.13. The number of Topliss-reactive ketones (excluding diaryl/α,β-unsaturated/α-hetero) is 1. The lowest BCUT2D eigenvalue weighted by atomic mass is 10.00. The molecule has 5 heteroatoms. The average Bonchev–Trinajstić information content (AvgIpc) is 2.83. The molecule has 1 heterocycles. The molecule has 100 valence electrons. The molecule has 0 fully saturated rings. The van der Waals surface area contributed by atoms with Crippen molar-refractivity contribution in [2.75, 3.05) is 6.54 Å². The van der Waals surface area contributed by atoms with Gasteiger partial charge in [0.2, 0.25) is 0 Å². The summed E-state index contributed by atoms with van der Waals surface area (Å²) in [4.78, 5) is 12.1. The number of benzene rings is 1. The SMILES string of the molecule is Cc1ccc(C)c(CC(=O)c2cn(CCN)nn2)c1. The molecule has 0 radical (unpaired) electrons. The molecule has 0 spiro atoms. The summed E-state index contributed by atoms with van der Waals surface area (Å²) in [7, 11) is 0. The Kier molecular flexibility index (Phi) is 4.06. The highest BCUT2D eigenvalue weighted by Gasteiger charge is 2.12. The van der Waals surface area contributed by atoms with Gasteiger partial charge in [0.25, 0.3) is 0 Å². The first-order valence-corrected chi connectivity index (χ1v) is 6.29. The first-order valence-electron chi connectivity index (χ1n) is 6.29. The van der Waals surface area contributed by atoms with Crippen molar-refractivity contribution in [1.82, 2.24) is 15.0 Å². The zero-order valence-corrected chi connectivity index (χ0v) is 11.3. The third-order valence-corrected chi connectivity index (χ3v) is 3.04. The molecular weight excluding hydrogens is 240 g/mol. The van der Waals surface area contributed by atoms with Crippen LogP contribution < -0.4 is 5.73 Å². The molecule has 0 amide bonds. The lowest BCUT2D eigenvalue weighted by molar-refractivity contribution is 0.0988. The van der Waals surface area contributed by atoms with Gasteiger partial charge in [0.05, 0.1) is 12.7 Å². The van der Waals surface area contributed by atoms with Crippen LogP contribution in [0.5, 0.6) is 0 Å². The molecule has 0 atom stereocenters. The summed E-state index contributed by atoms with van der Waals surface area (Å²) in [5.41, 5.74) is 9.14. The topological polar surface area (TPSA) is 73.8 Å². The Morgan fingerprint density at radius 3 is 2.89 bits per heavy atom. The van der Waals surface area contributed by atoms with Crippen molar-refractivity contribution in [3.8, 4) is 0 Å². The first kappa shape index (κ1) is 13.4. The van der Waals surface area contributed by atoms with E-state index in [0.717, 1.165) is 16.7 Å². The van der Waals surface area contributed by atoms with Crippen LogP contribution in [-0.2, 0) is 13.0 Å². The molecule has 0 saturated heterocycles. The van der Waals surface area contributed by atoms with Gasteiger partial charge in [-0.25, -0.2) is 0 Å². The second-order valence-corrected chi connectivity index (χ2v) is 4.69. The van der Waals surface area contributed by atoms with E-state index in [4.69, 9.17) is 5.73 Å². The fourth-order valence-corrected chi connectivity index (χ4v) is 1.92. The van der Waals surface area contributed by atoms with Crippen LogP contribution in [-0.4, -0.2) is 27.3 Å². The third kappa shape index (κ3) is 3.26. The minimum atomic E-state index is -0.0167. The smallest absolute Gasteiger partial charge is 0.189 e. The highest BCUT2D eigenvalue weighted by atomic mass is 16.1. The predicted molar refractivity (Wildman–Crippen MR) is 73.0 cm³/mol. The lowest BCUT2D eigenvalue weighted by Gasteiger charge is -2.05. The second kappa shape index (κ2) is 5.75. The minimum absolute atomic E-state index is 0.0167. The number of nitrogens with zero attached hydrogens (tertiary/aromatic N) is 3. The quantitative estimate of drug-likeness (QED) is 0.820. The Bertz CT molecular complexity index is 589. The Morgan fingerprint density at radius 1 is 1.37 bits per heavy atom. The second-order valence-electron chi connectivity index (χ2n) is 4.69. The molecule has 0 bridgehead atoms. The van der Waals surface area contributed by atoms with E-state index in [1.165, 1.54) is 0 Å². The van der Waals surface area contributed by atoms with Gasteiger partial charge in [-0.1, -0.05) is 29.0 Å². The summed E-state index contributed by atoms with van der Waals surface area (Å²) in [6.45, 7) is 5.08. The van der Waals surface area contributed by atoms with E-state index in [1.807, 2.05) is 32.0 Å². The summed E-state index contributed by atoms with van der Waals surface area (Å²) < 4.78 is 1.59. The largest absolute Gasteiger partial charge is 0.329 e. The molecule has 1 aromatic heterocycles. The molecular formula is C14H18N4O. The van der Waals surface area contributed by atoms with E-state index < -0.39 is 0 Å². The van der Waals surface area contributed by atoms with E-state index in [1.54, 1.807) is 10.9 Å². The van der Waals surface area contributed by atoms with Gasteiger partial charge in [-0.3, -0.25) is 9.48 Å². The van der Waals surface area contributed by atoms with Crippen molar-refractivity contribution < 1.29 is 4.79 Å². The van der Waals surface area contributed by atoms with Crippen molar-refractivity contribution in [3.63, 3.8) is 0 Å². The normalized spacial score (nSPS) is 10.7. The number of rotatable bonds is 5. The number of aryl methyl sites for hydroxylation is 2. The summed E-state index contributed by atoms with van der Waals surface area (Å²) in [5, 5.41) is 7.77. The molecule has 0 aliphatic rings. The van der Waals surface area contributed by atoms with Gasteiger partial charge in [-0.2, -0.15) is 0 Å². The number of nitrogens with two attached hydrogens (primary N) is 1. The van der Waals surface area contributed by atoms with Gasteiger partial charge < -0.3 is 5.73 Å². The predicted octanol–water partition coefficient (Wildman–Crippen LogP) is 1.28. The number of carbonyl (C=O) groups is 1. The maximum atomic E-state index is 12.1. The van der Waals surface area contributed by atoms with Gasteiger partial charge in [0.15, 0.2) is 5.78 Å². The van der Waals surface area contributed by atoms with Crippen LogP contribution in [0.15, 0.2) is 24.4 Å². The van der Waals surface area contributed by atoms with Crippen LogP contribution in [0.25, 0.3) is 0 Å². The number of aromatic nitrogens is 3. The Hall–Kier alpha value is -2.01. The molecule has 5 nitrogen and oxygen atoms in total. The van der Waals surface area contributed by atoms with E-state index >= 15 is 0 Å². The molecule has 2 N–H and O–H groups in total. The maximum Gasteiger partial charge on any atom is 0.189 e. The van der Waals surface area contributed by atoms with E-state index in [2.05, 4.69) is 10.3 Å².